The van der Waals surface area contributed by atoms with Gasteiger partial charge in [0.25, 0.3) is 0 Å². The summed E-state index contributed by atoms with van der Waals surface area (Å²) in [4.78, 5) is 30.9. The molecule has 1 amide bonds. The zero-order valence-electron chi connectivity index (χ0n) is 17.9. The van der Waals surface area contributed by atoms with Gasteiger partial charge in [-0.3, -0.25) is 14.1 Å². The molecule has 4 rings (SSSR count). The number of pyridine rings is 1. The monoisotopic (exact) mass is 469 g/mol. The Morgan fingerprint density at radius 3 is 2.69 bits per heavy atom. The van der Waals surface area contributed by atoms with E-state index >= 15 is 0 Å². The molecule has 4 aromatic rings. The second-order valence-corrected chi connectivity index (χ2v) is 8.60. The molecule has 0 unspecified atom stereocenters. The molecule has 0 radical (unpaired) electrons. The number of halogens is 1. The molecule has 0 bridgehead atoms. The van der Waals surface area contributed by atoms with Crippen molar-refractivity contribution in [3.63, 3.8) is 0 Å². The van der Waals surface area contributed by atoms with Crippen LogP contribution in [0.5, 0.6) is 0 Å². The number of nitrogens with zero attached hydrogens (tertiary/aromatic N) is 5. The first kappa shape index (κ1) is 21.9. The Morgan fingerprint density at radius 2 is 1.97 bits per heavy atom. The lowest BCUT2D eigenvalue weighted by atomic mass is 10.1. The fraction of sp³-hybridized carbons (Fsp3) is 0.227. The highest BCUT2D eigenvalue weighted by Crippen LogP contribution is 2.37. The first-order valence-electron chi connectivity index (χ1n) is 9.75. The molecule has 0 fully saturated rings. The molecule has 0 aliphatic carbocycles. The molecule has 3 aromatic heterocycles. The highest BCUT2D eigenvalue weighted by molar-refractivity contribution is 7.14. The van der Waals surface area contributed by atoms with Crippen molar-refractivity contribution in [2.24, 2.45) is 0 Å². The van der Waals surface area contributed by atoms with E-state index in [1.807, 2.05) is 26.0 Å². The van der Waals surface area contributed by atoms with Gasteiger partial charge in [-0.25, -0.2) is 9.78 Å². The first-order valence-corrected chi connectivity index (χ1v) is 11.0. The van der Waals surface area contributed by atoms with Crippen LogP contribution in [0.4, 0.5) is 10.8 Å². The molecule has 0 atom stereocenters. The molecule has 10 heteroatoms. The quantitative estimate of drug-likeness (QED) is 0.390. The smallest absolute Gasteiger partial charge is 0.340 e. The van der Waals surface area contributed by atoms with Crippen LogP contribution >= 0.6 is 22.9 Å². The van der Waals surface area contributed by atoms with Crippen LogP contribution in [0.25, 0.3) is 5.65 Å². The van der Waals surface area contributed by atoms with Crippen molar-refractivity contribution in [2.45, 2.75) is 34.3 Å². The van der Waals surface area contributed by atoms with Crippen LogP contribution < -0.4 is 4.90 Å². The third kappa shape index (κ3) is 4.21. The molecule has 164 valence electrons. The molecule has 0 N–H and O–H groups in total. The van der Waals surface area contributed by atoms with Gasteiger partial charge in [-0.2, -0.15) is 0 Å². The number of carbonyl (C=O) groups is 2. The number of rotatable bonds is 5. The van der Waals surface area contributed by atoms with Crippen molar-refractivity contribution in [3.8, 4) is 0 Å². The summed E-state index contributed by atoms with van der Waals surface area (Å²) in [6.45, 7) is 7.07. The Balaban J connectivity index is 1.53. The maximum atomic E-state index is 12.5. The number of esters is 1. The number of fused-ring (bicyclic) bond motifs is 1. The number of ether oxygens (including phenoxy) is 1. The van der Waals surface area contributed by atoms with E-state index in [9.17, 15) is 9.59 Å². The fourth-order valence-electron chi connectivity index (χ4n) is 3.39. The number of hydrogen-bond donors (Lipinski definition) is 0. The number of hydrogen-bond acceptors (Lipinski definition) is 7. The fourth-order valence-corrected chi connectivity index (χ4v) is 4.66. The molecule has 8 nitrogen and oxygen atoms in total. The number of thiazole rings is 1. The topological polar surface area (TPSA) is 89.7 Å². The van der Waals surface area contributed by atoms with E-state index in [4.69, 9.17) is 16.3 Å². The molecule has 0 aliphatic rings. The van der Waals surface area contributed by atoms with Crippen LogP contribution in [0.2, 0.25) is 5.02 Å². The minimum Gasteiger partial charge on any atom is -0.456 e. The van der Waals surface area contributed by atoms with E-state index in [-0.39, 0.29) is 12.5 Å². The number of aromatic nitrogens is 4. The Kier molecular flexibility index (Phi) is 5.94. The predicted molar refractivity (Wildman–Crippen MR) is 123 cm³/mol. The second-order valence-electron chi connectivity index (χ2n) is 7.36. The Morgan fingerprint density at radius 1 is 1.19 bits per heavy atom. The standard InChI is InChI=1S/C22H20ClN5O3S/c1-12-7-13(2)20(18(23)8-12)28(15(4)29)22-24-17(11-32-22)10-31-21(30)16-5-6-19-26-25-14(3)27(19)9-16/h5-9,11H,10H2,1-4H3. The van der Waals surface area contributed by atoms with Crippen molar-refractivity contribution in [3.05, 3.63) is 69.1 Å². The van der Waals surface area contributed by atoms with Gasteiger partial charge in [-0.05, 0) is 50.1 Å². The predicted octanol–water partition coefficient (Wildman–Crippen LogP) is 4.81. The van der Waals surface area contributed by atoms with E-state index in [1.54, 1.807) is 35.0 Å². The maximum absolute atomic E-state index is 12.5. The van der Waals surface area contributed by atoms with Gasteiger partial charge in [0, 0.05) is 18.5 Å². The van der Waals surface area contributed by atoms with Gasteiger partial charge in [0.1, 0.15) is 12.4 Å². The Labute approximate surface area is 193 Å². The van der Waals surface area contributed by atoms with E-state index < -0.39 is 5.97 Å². The SMILES string of the molecule is CC(=O)N(c1nc(COC(=O)c2ccc3nnc(C)n3c2)cs1)c1c(C)cc(C)cc1Cl. The number of benzene rings is 1. The molecule has 0 spiro atoms. The lowest BCUT2D eigenvalue weighted by Crippen LogP contribution is -2.24. The van der Waals surface area contributed by atoms with Crippen molar-refractivity contribution in [2.75, 3.05) is 4.90 Å². The molecule has 32 heavy (non-hydrogen) atoms. The Hall–Kier alpha value is -3.30. The molecule has 0 saturated carbocycles. The van der Waals surface area contributed by atoms with Crippen molar-refractivity contribution in [1.82, 2.24) is 19.6 Å². The summed E-state index contributed by atoms with van der Waals surface area (Å²) in [7, 11) is 0. The van der Waals surface area contributed by atoms with E-state index in [1.165, 1.54) is 23.2 Å². The van der Waals surface area contributed by atoms with Gasteiger partial charge < -0.3 is 4.74 Å². The van der Waals surface area contributed by atoms with Crippen LogP contribution in [0.3, 0.4) is 0 Å². The normalized spacial score (nSPS) is 11.0. The van der Waals surface area contributed by atoms with Gasteiger partial charge in [0.05, 0.1) is 22.0 Å². The van der Waals surface area contributed by atoms with Crippen LogP contribution in [0, 0.1) is 20.8 Å². The van der Waals surface area contributed by atoms with Crippen LogP contribution in [-0.2, 0) is 16.1 Å². The average Bonchev–Trinajstić information content (AvgIpc) is 3.35. The summed E-state index contributed by atoms with van der Waals surface area (Å²) in [5, 5.41) is 10.7. The van der Waals surface area contributed by atoms with Crippen LogP contribution in [0.1, 0.15) is 39.9 Å². The van der Waals surface area contributed by atoms with Gasteiger partial charge in [-0.1, -0.05) is 17.7 Å². The van der Waals surface area contributed by atoms with Crippen molar-refractivity contribution < 1.29 is 14.3 Å². The lowest BCUT2D eigenvalue weighted by Gasteiger charge is -2.22. The van der Waals surface area contributed by atoms with Gasteiger partial charge in [0.2, 0.25) is 5.91 Å². The van der Waals surface area contributed by atoms with Gasteiger partial charge in [-0.15, -0.1) is 21.5 Å². The molecule has 3 heterocycles. The van der Waals surface area contributed by atoms with Crippen molar-refractivity contribution >= 4 is 51.3 Å². The molecular formula is C22H20ClN5O3S. The van der Waals surface area contributed by atoms with E-state index in [2.05, 4.69) is 15.2 Å². The third-order valence-electron chi connectivity index (χ3n) is 4.83. The maximum Gasteiger partial charge on any atom is 0.340 e. The van der Waals surface area contributed by atoms with Gasteiger partial charge >= 0.3 is 5.97 Å². The molecule has 0 aliphatic heterocycles. The van der Waals surface area contributed by atoms with E-state index in [0.29, 0.717) is 38.6 Å². The van der Waals surface area contributed by atoms with Crippen molar-refractivity contribution in [1.29, 1.82) is 0 Å². The number of carbonyl (C=O) groups excluding carboxylic acids is 2. The van der Waals surface area contributed by atoms with E-state index in [0.717, 1.165) is 11.1 Å². The largest absolute Gasteiger partial charge is 0.456 e. The molecule has 0 saturated heterocycles. The zero-order valence-corrected chi connectivity index (χ0v) is 19.5. The summed E-state index contributed by atoms with van der Waals surface area (Å²) in [5.41, 5.74) is 4.03. The molecular weight excluding hydrogens is 450 g/mol. The summed E-state index contributed by atoms with van der Waals surface area (Å²) in [5.74, 6) is -0.0297. The highest BCUT2D eigenvalue weighted by Gasteiger charge is 2.23. The zero-order chi connectivity index (χ0) is 23.0. The second kappa shape index (κ2) is 8.68. The summed E-state index contributed by atoms with van der Waals surface area (Å²) in [6, 6.07) is 7.11. The molecule has 1 aromatic carbocycles. The number of amides is 1. The summed E-state index contributed by atoms with van der Waals surface area (Å²) >= 11 is 7.73. The Bertz CT molecular complexity index is 1320. The van der Waals surface area contributed by atoms with Gasteiger partial charge in [0.15, 0.2) is 10.8 Å². The number of anilines is 2. The minimum absolute atomic E-state index is 0.0269. The van der Waals surface area contributed by atoms with Crippen LogP contribution in [-0.4, -0.2) is 31.5 Å². The summed E-state index contributed by atoms with van der Waals surface area (Å²) in [6.07, 6.45) is 1.64. The minimum atomic E-state index is -0.490. The average molecular weight is 470 g/mol. The first-order chi connectivity index (χ1) is 15.2. The highest BCUT2D eigenvalue weighted by atomic mass is 35.5. The number of aryl methyl sites for hydroxylation is 3. The van der Waals surface area contributed by atoms with Crippen LogP contribution in [0.15, 0.2) is 35.8 Å². The lowest BCUT2D eigenvalue weighted by molar-refractivity contribution is -0.115. The summed E-state index contributed by atoms with van der Waals surface area (Å²) < 4.78 is 7.14. The third-order valence-corrected chi connectivity index (χ3v) is 5.99.